The lowest BCUT2D eigenvalue weighted by atomic mass is 10.1. The average molecular weight is 262 g/mol. The molecule has 0 spiro atoms. The van der Waals surface area contributed by atoms with Crippen LogP contribution in [-0.4, -0.2) is 36.0 Å². The molecule has 1 aromatic carbocycles. The van der Waals surface area contributed by atoms with Crippen molar-refractivity contribution in [1.29, 1.82) is 0 Å². The number of carbonyl (C=O) groups is 2. The molecule has 5 nitrogen and oxygen atoms in total. The monoisotopic (exact) mass is 262 g/mol. The Morgan fingerprint density at radius 1 is 1.32 bits per heavy atom. The van der Waals surface area contributed by atoms with Crippen molar-refractivity contribution in [3.63, 3.8) is 0 Å². The predicted octanol–water partition coefficient (Wildman–Crippen LogP) is 0.251. The lowest BCUT2D eigenvalue weighted by Crippen LogP contribution is -2.92. The predicted molar refractivity (Wildman–Crippen MR) is 71.4 cm³/mol. The highest BCUT2D eigenvalue weighted by Crippen LogP contribution is 2.07. The first-order valence-corrected chi connectivity index (χ1v) is 6.58. The molecule has 19 heavy (non-hydrogen) atoms. The van der Waals surface area contributed by atoms with E-state index < -0.39 is 0 Å². The van der Waals surface area contributed by atoms with Gasteiger partial charge in [0, 0.05) is 18.7 Å². The normalized spacial score (nSPS) is 18.0. The summed E-state index contributed by atoms with van der Waals surface area (Å²) in [7, 11) is 0. The number of rotatable bonds is 4. The molecule has 1 aromatic rings. The molecule has 5 heteroatoms. The van der Waals surface area contributed by atoms with Gasteiger partial charge in [-0.3, -0.25) is 9.69 Å². The summed E-state index contributed by atoms with van der Waals surface area (Å²) in [6.45, 7) is 4.91. The minimum atomic E-state index is -0.280. The third-order valence-corrected chi connectivity index (χ3v) is 3.42. The van der Waals surface area contributed by atoms with Crippen molar-refractivity contribution in [2.24, 2.45) is 0 Å². The van der Waals surface area contributed by atoms with Crippen LogP contribution in [0.3, 0.4) is 0 Å². The molecule has 3 N–H and O–H groups in total. The second-order valence-corrected chi connectivity index (χ2v) is 4.90. The zero-order chi connectivity index (χ0) is 13.8. The Labute approximate surface area is 113 Å². The minimum absolute atomic E-state index is 0.127. The van der Waals surface area contributed by atoms with E-state index >= 15 is 0 Å². The van der Waals surface area contributed by atoms with Crippen molar-refractivity contribution in [2.75, 3.05) is 13.1 Å². The highest BCUT2D eigenvalue weighted by Gasteiger charge is 2.32. The Morgan fingerprint density at radius 3 is 2.58 bits per heavy atom. The Bertz CT molecular complexity index is 461. The van der Waals surface area contributed by atoms with Crippen LogP contribution in [0.1, 0.15) is 25.5 Å². The van der Waals surface area contributed by atoms with E-state index in [1.54, 1.807) is 0 Å². The molecule has 1 fully saturated rings. The number of nitrogens with one attached hydrogen (secondary N) is 1. The Kier molecular flexibility index (Phi) is 4.16. The summed E-state index contributed by atoms with van der Waals surface area (Å²) in [5, 5.41) is 4.63. The van der Waals surface area contributed by atoms with Crippen LogP contribution in [0.4, 0.5) is 4.79 Å². The van der Waals surface area contributed by atoms with Crippen LogP contribution in [0.25, 0.3) is 0 Å². The maximum atomic E-state index is 12.2. The van der Waals surface area contributed by atoms with E-state index in [0.29, 0.717) is 13.1 Å². The molecule has 2 rings (SSSR count). The first-order chi connectivity index (χ1) is 9.09. The summed E-state index contributed by atoms with van der Waals surface area (Å²) in [5.41, 5.74) is 1.17. The number of amides is 3. The molecule has 0 unspecified atom stereocenters. The average Bonchev–Trinajstić information content (AvgIpc) is 2.85. The third-order valence-electron chi connectivity index (χ3n) is 3.42. The van der Waals surface area contributed by atoms with Gasteiger partial charge in [-0.15, -0.1) is 0 Å². The van der Waals surface area contributed by atoms with E-state index in [-0.39, 0.29) is 24.0 Å². The van der Waals surface area contributed by atoms with Gasteiger partial charge in [0.2, 0.25) is 0 Å². The fourth-order valence-corrected chi connectivity index (χ4v) is 2.31. The maximum absolute atomic E-state index is 12.2. The molecule has 3 amide bonds. The van der Waals surface area contributed by atoms with Crippen molar-refractivity contribution in [3.05, 3.63) is 35.9 Å². The Balaban J connectivity index is 1.95. The highest BCUT2D eigenvalue weighted by atomic mass is 16.2. The Hall–Kier alpha value is -1.88. The second-order valence-electron chi connectivity index (χ2n) is 4.90. The van der Waals surface area contributed by atoms with Crippen LogP contribution in [0.5, 0.6) is 0 Å². The van der Waals surface area contributed by atoms with Gasteiger partial charge in [-0.1, -0.05) is 30.3 Å². The number of nitrogens with zero attached hydrogens (tertiary/aromatic N) is 1. The van der Waals surface area contributed by atoms with E-state index in [1.165, 1.54) is 10.5 Å². The fourth-order valence-electron chi connectivity index (χ4n) is 2.31. The molecule has 0 aliphatic carbocycles. The number of urea groups is 1. The van der Waals surface area contributed by atoms with Crippen molar-refractivity contribution < 1.29 is 14.9 Å². The zero-order valence-electron chi connectivity index (χ0n) is 11.3. The molecule has 1 heterocycles. The van der Waals surface area contributed by atoms with Gasteiger partial charge in [-0.2, -0.15) is 0 Å². The second kappa shape index (κ2) is 5.84. The topological polar surface area (TPSA) is 66.0 Å². The van der Waals surface area contributed by atoms with E-state index in [1.807, 2.05) is 42.6 Å². The summed E-state index contributed by atoms with van der Waals surface area (Å²) in [5.74, 6) is -0.127. The van der Waals surface area contributed by atoms with Gasteiger partial charge < -0.3 is 10.6 Å². The summed E-state index contributed by atoms with van der Waals surface area (Å²) in [6.07, 6.45) is 0. The number of carbonyl (C=O) groups excluding carboxylic acids is 2. The summed E-state index contributed by atoms with van der Waals surface area (Å²) >= 11 is 0. The van der Waals surface area contributed by atoms with E-state index in [4.69, 9.17) is 0 Å². The van der Waals surface area contributed by atoms with E-state index in [0.717, 1.165) is 0 Å². The molecular weight excluding hydrogens is 242 g/mol. The first kappa shape index (κ1) is 13.5. The summed E-state index contributed by atoms with van der Waals surface area (Å²) in [6, 6.07) is 9.67. The SMILES string of the molecule is C[C@H]([NH2+][C@@H](C)c1ccccc1)C(=O)N1CCNC1=O. The maximum Gasteiger partial charge on any atom is 0.324 e. The van der Waals surface area contributed by atoms with Gasteiger partial charge in [0.05, 0.1) is 0 Å². The fraction of sp³-hybridized carbons (Fsp3) is 0.429. The minimum Gasteiger partial charge on any atom is -0.336 e. The van der Waals surface area contributed by atoms with Gasteiger partial charge in [0.15, 0.2) is 6.04 Å². The van der Waals surface area contributed by atoms with Gasteiger partial charge >= 0.3 is 6.03 Å². The zero-order valence-corrected chi connectivity index (χ0v) is 11.3. The van der Waals surface area contributed by atoms with Crippen LogP contribution < -0.4 is 10.6 Å². The summed E-state index contributed by atoms with van der Waals surface area (Å²) in [4.78, 5) is 24.9. The molecule has 102 valence electrons. The standard InChI is InChI=1S/C14H19N3O2/c1-10(12-6-4-3-5-7-12)16-11(2)13(18)17-9-8-15-14(17)19/h3-7,10-11,16H,8-9H2,1-2H3,(H,15,19)/p+1/t10-,11-/m0/s1. The molecule has 0 aromatic heterocycles. The first-order valence-electron chi connectivity index (χ1n) is 6.58. The molecule has 1 saturated heterocycles. The van der Waals surface area contributed by atoms with Crippen molar-refractivity contribution in [1.82, 2.24) is 10.2 Å². The van der Waals surface area contributed by atoms with Crippen LogP contribution in [0.15, 0.2) is 30.3 Å². The number of benzene rings is 1. The van der Waals surface area contributed by atoms with Gasteiger partial charge in [-0.25, -0.2) is 4.79 Å². The lowest BCUT2D eigenvalue weighted by Gasteiger charge is -2.20. The smallest absolute Gasteiger partial charge is 0.324 e. The van der Waals surface area contributed by atoms with E-state index in [2.05, 4.69) is 12.2 Å². The molecule has 0 radical (unpaired) electrons. The number of imide groups is 1. The third kappa shape index (κ3) is 3.12. The van der Waals surface area contributed by atoms with E-state index in [9.17, 15) is 9.59 Å². The molecule has 0 bridgehead atoms. The lowest BCUT2D eigenvalue weighted by molar-refractivity contribution is -0.710. The molecule has 2 atom stereocenters. The molecule has 1 aliphatic rings. The van der Waals surface area contributed by atoms with Crippen LogP contribution in [0.2, 0.25) is 0 Å². The van der Waals surface area contributed by atoms with Crippen molar-refractivity contribution >= 4 is 11.9 Å². The number of quaternary nitrogens is 1. The molecule has 0 saturated carbocycles. The molecule has 1 aliphatic heterocycles. The van der Waals surface area contributed by atoms with Gasteiger partial charge in [0.25, 0.3) is 5.91 Å². The number of hydrogen-bond donors (Lipinski definition) is 2. The Morgan fingerprint density at radius 2 is 2.00 bits per heavy atom. The highest BCUT2D eigenvalue weighted by molar-refractivity contribution is 5.97. The summed E-state index contributed by atoms with van der Waals surface area (Å²) < 4.78 is 0. The quantitative estimate of drug-likeness (QED) is 0.817. The van der Waals surface area contributed by atoms with Crippen LogP contribution in [0, 0.1) is 0 Å². The van der Waals surface area contributed by atoms with Crippen LogP contribution >= 0.6 is 0 Å². The largest absolute Gasteiger partial charge is 0.336 e. The van der Waals surface area contributed by atoms with Gasteiger partial charge in [-0.05, 0) is 13.8 Å². The van der Waals surface area contributed by atoms with Crippen molar-refractivity contribution in [3.8, 4) is 0 Å². The van der Waals surface area contributed by atoms with Crippen LogP contribution in [-0.2, 0) is 4.79 Å². The number of nitrogens with two attached hydrogens (primary N) is 1. The molecular formula is C14H20N3O2+. The van der Waals surface area contributed by atoms with Gasteiger partial charge in [0.1, 0.15) is 6.04 Å². The number of hydrogen-bond acceptors (Lipinski definition) is 2. The van der Waals surface area contributed by atoms with Crippen molar-refractivity contribution in [2.45, 2.75) is 25.9 Å².